The average molecular weight is 239 g/mol. The zero-order chi connectivity index (χ0) is 13.4. The number of nitrogens with zero attached hydrogens (tertiary/aromatic N) is 3. The van der Waals surface area contributed by atoms with Crippen molar-refractivity contribution in [3.05, 3.63) is 0 Å². The Hall–Kier alpha value is -1.57. The Morgan fingerprint density at radius 2 is 1.88 bits per heavy atom. The molecule has 1 unspecified atom stereocenters. The lowest BCUT2D eigenvalue weighted by molar-refractivity contribution is -0.140. The van der Waals surface area contributed by atoms with Gasteiger partial charge in [-0.2, -0.15) is 5.26 Å². The third-order valence-corrected chi connectivity index (χ3v) is 2.55. The predicted molar refractivity (Wildman–Crippen MR) is 65.0 cm³/mol. The highest BCUT2D eigenvalue weighted by atomic mass is 16.2. The molecule has 0 spiro atoms. The summed E-state index contributed by atoms with van der Waals surface area (Å²) in [6.45, 7) is 4.23. The van der Waals surface area contributed by atoms with Gasteiger partial charge in [0.05, 0.1) is 12.6 Å². The average Bonchev–Trinajstić information content (AvgIpc) is 2.31. The molecule has 0 aromatic rings. The quantitative estimate of drug-likeness (QED) is 0.690. The van der Waals surface area contributed by atoms with E-state index in [0.29, 0.717) is 13.0 Å². The topological polar surface area (TPSA) is 64.4 Å². The molecule has 0 N–H and O–H groups in total. The molecule has 0 saturated carbocycles. The van der Waals surface area contributed by atoms with E-state index in [2.05, 4.69) is 0 Å². The van der Waals surface area contributed by atoms with Crippen LogP contribution in [0, 0.1) is 17.2 Å². The highest BCUT2D eigenvalue weighted by molar-refractivity contribution is 5.86. The number of hydrogen-bond acceptors (Lipinski definition) is 3. The maximum Gasteiger partial charge on any atom is 0.241 e. The Labute approximate surface area is 103 Å². The summed E-state index contributed by atoms with van der Waals surface area (Å²) >= 11 is 0. The summed E-state index contributed by atoms with van der Waals surface area (Å²) in [6.07, 6.45) is 1.32. The standard InChI is InChI=1S/C12H21N3O2/c1-5-7-10(8-13)12(17)15(6-2)9-11(16)14(3)4/h10H,5-7,9H2,1-4H3. The van der Waals surface area contributed by atoms with Crippen LogP contribution in [0.5, 0.6) is 0 Å². The lowest BCUT2D eigenvalue weighted by atomic mass is 10.0. The van der Waals surface area contributed by atoms with E-state index >= 15 is 0 Å². The van der Waals surface area contributed by atoms with Crippen LogP contribution < -0.4 is 0 Å². The van der Waals surface area contributed by atoms with Gasteiger partial charge in [-0.1, -0.05) is 13.3 Å². The molecule has 0 heterocycles. The minimum Gasteiger partial charge on any atom is -0.347 e. The molecular formula is C12H21N3O2. The minimum absolute atomic E-state index is 0.0459. The summed E-state index contributed by atoms with van der Waals surface area (Å²) in [6, 6.07) is 2.00. The van der Waals surface area contributed by atoms with Crippen LogP contribution in [0.2, 0.25) is 0 Å². The second-order valence-electron chi connectivity index (χ2n) is 4.11. The van der Waals surface area contributed by atoms with Crippen LogP contribution in [0.25, 0.3) is 0 Å². The predicted octanol–water partition coefficient (Wildman–Crippen LogP) is 0.863. The third-order valence-electron chi connectivity index (χ3n) is 2.55. The van der Waals surface area contributed by atoms with Crippen molar-refractivity contribution in [1.82, 2.24) is 9.80 Å². The maximum atomic E-state index is 12.0. The lowest BCUT2D eigenvalue weighted by Crippen LogP contribution is -2.42. The van der Waals surface area contributed by atoms with Crippen LogP contribution in [0.4, 0.5) is 0 Å². The van der Waals surface area contributed by atoms with Gasteiger partial charge in [-0.25, -0.2) is 0 Å². The van der Waals surface area contributed by atoms with Crippen LogP contribution in [0.15, 0.2) is 0 Å². The molecule has 1 atom stereocenters. The summed E-state index contributed by atoms with van der Waals surface area (Å²) in [5.74, 6) is -1.00. The number of amides is 2. The first kappa shape index (κ1) is 15.4. The van der Waals surface area contributed by atoms with E-state index in [1.807, 2.05) is 13.0 Å². The third kappa shape index (κ3) is 4.85. The molecule has 0 aromatic heterocycles. The first-order chi connectivity index (χ1) is 7.97. The van der Waals surface area contributed by atoms with Crippen LogP contribution in [0.3, 0.4) is 0 Å². The number of likely N-dealkylation sites (N-methyl/N-ethyl adjacent to an activating group) is 2. The molecular weight excluding hydrogens is 218 g/mol. The zero-order valence-corrected chi connectivity index (χ0v) is 11.1. The van der Waals surface area contributed by atoms with E-state index in [1.54, 1.807) is 21.0 Å². The summed E-state index contributed by atoms with van der Waals surface area (Å²) in [5, 5.41) is 8.92. The van der Waals surface area contributed by atoms with Crippen molar-refractivity contribution in [2.75, 3.05) is 27.2 Å². The molecule has 2 amide bonds. The van der Waals surface area contributed by atoms with Crippen LogP contribution in [-0.2, 0) is 9.59 Å². The SMILES string of the molecule is CCCC(C#N)C(=O)N(CC)CC(=O)N(C)C. The Balaban J connectivity index is 4.60. The van der Waals surface area contributed by atoms with Crippen molar-refractivity contribution >= 4 is 11.8 Å². The molecule has 5 nitrogen and oxygen atoms in total. The van der Waals surface area contributed by atoms with E-state index in [0.717, 1.165) is 6.42 Å². The van der Waals surface area contributed by atoms with Crippen molar-refractivity contribution in [1.29, 1.82) is 5.26 Å². The maximum absolute atomic E-state index is 12.0. The number of carbonyl (C=O) groups is 2. The van der Waals surface area contributed by atoms with Crippen LogP contribution in [-0.4, -0.2) is 48.8 Å². The van der Waals surface area contributed by atoms with Gasteiger partial charge in [-0.3, -0.25) is 9.59 Å². The van der Waals surface area contributed by atoms with Gasteiger partial charge in [-0.05, 0) is 13.3 Å². The van der Waals surface area contributed by atoms with Gasteiger partial charge in [-0.15, -0.1) is 0 Å². The Kier molecular flexibility index (Phi) is 6.95. The van der Waals surface area contributed by atoms with Crippen molar-refractivity contribution in [3.63, 3.8) is 0 Å². The van der Waals surface area contributed by atoms with E-state index in [9.17, 15) is 9.59 Å². The van der Waals surface area contributed by atoms with Crippen molar-refractivity contribution < 1.29 is 9.59 Å². The Bertz CT molecular complexity index is 307. The van der Waals surface area contributed by atoms with E-state index in [-0.39, 0.29) is 18.4 Å². The summed E-state index contributed by atoms with van der Waals surface area (Å²) in [4.78, 5) is 26.4. The van der Waals surface area contributed by atoms with E-state index in [4.69, 9.17) is 5.26 Å². The first-order valence-corrected chi connectivity index (χ1v) is 5.86. The fraction of sp³-hybridized carbons (Fsp3) is 0.750. The number of hydrogen-bond donors (Lipinski definition) is 0. The molecule has 5 heteroatoms. The Morgan fingerprint density at radius 1 is 1.29 bits per heavy atom. The van der Waals surface area contributed by atoms with Crippen molar-refractivity contribution in [3.8, 4) is 6.07 Å². The first-order valence-electron chi connectivity index (χ1n) is 5.86. The fourth-order valence-electron chi connectivity index (χ4n) is 1.40. The molecule has 17 heavy (non-hydrogen) atoms. The number of rotatable bonds is 6. The molecule has 0 bridgehead atoms. The monoisotopic (exact) mass is 239 g/mol. The van der Waals surface area contributed by atoms with Gasteiger partial charge >= 0.3 is 0 Å². The van der Waals surface area contributed by atoms with Gasteiger partial charge in [0.25, 0.3) is 0 Å². The van der Waals surface area contributed by atoms with Crippen LogP contribution in [0.1, 0.15) is 26.7 Å². The molecule has 0 radical (unpaired) electrons. The summed E-state index contributed by atoms with van der Waals surface area (Å²) < 4.78 is 0. The summed E-state index contributed by atoms with van der Waals surface area (Å²) in [7, 11) is 3.29. The van der Waals surface area contributed by atoms with Gasteiger partial charge in [0, 0.05) is 20.6 Å². The second-order valence-corrected chi connectivity index (χ2v) is 4.11. The van der Waals surface area contributed by atoms with Gasteiger partial charge in [0.15, 0.2) is 0 Å². The van der Waals surface area contributed by atoms with E-state index in [1.165, 1.54) is 9.80 Å². The smallest absolute Gasteiger partial charge is 0.241 e. The lowest BCUT2D eigenvalue weighted by Gasteiger charge is -2.24. The molecule has 0 aliphatic carbocycles. The van der Waals surface area contributed by atoms with Gasteiger partial charge in [0.2, 0.25) is 11.8 Å². The van der Waals surface area contributed by atoms with E-state index < -0.39 is 5.92 Å². The molecule has 0 saturated heterocycles. The minimum atomic E-state index is -0.630. The molecule has 0 aromatic carbocycles. The summed E-state index contributed by atoms with van der Waals surface area (Å²) in [5.41, 5.74) is 0. The van der Waals surface area contributed by atoms with Crippen LogP contribution >= 0.6 is 0 Å². The fourth-order valence-corrected chi connectivity index (χ4v) is 1.40. The highest BCUT2D eigenvalue weighted by Gasteiger charge is 2.24. The van der Waals surface area contributed by atoms with Gasteiger partial charge in [0.1, 0.15) is 5.92 Å². The van der Waals surface area contributed by atoms with Gasteiger partial charge < -0.3 is 9.80 Å². The normalized spacial score (nSPS) is 11.5. The Morgan fingerprint density at radius 3 is 2.24 bits per heavy atom. The van der Waals surface area contributed by atoms with Crippen molar-refractivity contribution in [2.24, 2.45) is 5.92 Å². The molecule has 0 fully saturated rings. The molecule has 96 valence electrons. The van der Waals surface area contributed by atoms with Crippen molar-refractivity contribution in [2.45, 2.75) is 26.7 Å². The highest BCUT2D eigenvalue weighted by Crippen LogP contribution is 2.09. The zero-order valence-electron chi connectivity index (χ0n) is 11.1. The molecule has 0 aliphatic rings. The number of nitriles is 1. The second kappa shape index (κ2) is 7.66. The largest absolute Gasteiger partial charge is 0.347 e. The molecule has 0 rings (SSSR count). The molecule has 0 aliphatic heterocycles. The number of carbonyl (C=O) groups excluding carboxylic acids is 2.